The van der Waals surface area contributed by atoms with E-state index in [1.807, 2.05) is 25.1 Å². The monoisotopic (exact) mass is 386 g/mol. The second-order valence-electron chi connectivity index (χ2n) is 5.80. The summed E-state index contributed by atoms with van der Waals surface area (Å²) in [7, 11) is 4.52. The van der Waals surface area contributed by atoms with Gasteiger partial charge in [-0.1, -0.05) is 17.7 Å². The maximum atomic E-state index is 12.9. The predicted molar refractivity (Wildman–Crippen MR) is 103 cm³/mol. The maximum Gasteiger partial charge on any atom is 0.203 e. The predicted octanol–water partition coefficient (Wildman–Crippen LogP) is 4.09. The standard InChI is InChI=1S/C20H19ClN2O4/c1-12-15(21)6-5-7-16(12)23-11-14(10-22-23)19(24)13-8-17(25-2)20(27-4)18(9-13)26-3/h5-11H,1-4H3. The van der Waals surface area contributed by atoms with Gasteiger partial charge in [0.2, 0.25) is 5.75 Å². The van der Waals surface area contributed by atoms with Crippen LogP contribution in [0.15, 0.2) is 42.7 Å². The van der Waals surface area contributed by atoms with Crippen LogP contribution < -0.4 is 14.2 Å². The highest BCUT2D eigenvalue weighted by molar-refractivity contribution is 6.31. The van der Waals surface area contributed by atoms with E-state index < -0.39 is 0 Å². The van der Waals surface area contributed by atoms with Gasteiger partial charge in [0.1, 0.15) is 0 Å². The van der Waals surface area contributed by atoms with E-state index in [0.29, 0.717) is 33.4 Å². The zero-order valence-corrected chi connectivity index (χ0v) is 16.2. The van der Waals surface area contributed by atoms with Gasteiger partial charge in [0.05, 0.1) is 38.8 Å². The lowest BCUT2D eigenvalue weighted by Gasteiger charge is -2.13. The summed E-state index contributed by atoms with van der Waals surface area (Å²) >= 11 is 6.18. The first-order valence-corrected chi connectivity index (χ1v) is 8.52. The molecule has 0 N–H and O–H groups in total. The Hall–Kier alpha value is -2.99. The number of halogens is 1. The Balaban J connectivity index is 2.00. The van der Waals surface area contributed by atoms with Crippen molar-refractivity contribution in [2.75, 3.05) is 21.3 Å². The van der Waals surface area contributed by atoms with Crippen LogP contribution in [0, 0.1) is 6.92 Å². The van der Waals surface area contributed by atoms with E-state index in [9.17, 15) is 4.79 Å². The molecule has 1 heterocycles. The second-order valence-corrected chi connectivity index (χ2v) is 6.21. The first kappa shape index (κ1) is 18.8. The van der Waals surface area contributed by atoms with Gasteiger partial charge in [-0.3, -0.25) is 4.79 Å². The lowest BCUT2D eigenvalue weighted by molar-refractivity contribution is 0.103. The average Bonchev–Trinajstić information content (AvgIpc) is 3.18. The Morgan fingerprint density at radius 3 is 2.30 bits per heavy atom. The number of methoxy groups -OCH3 is 3. The molecule has 1 aromatic heterocycles. The number of carbonyl (C=O) groups excluding carboxylic acids is 1. The average molecular weight is 387 g/mol. The van der Waals surface area contributed by atoms with E-state index >= 15 is 0 Å². The summed E-state index contributed by atoms with van der Waals surface area (Å²) < 4.78 is 17.6. The summed E-state index contributed by atoms with van der Waals surface area (Å²) in [5.41, 5.74) is 2.54. The molecule has 0 aliphatic heterocycles. The minimum Gasteiger partial charge on any atom is -0.493 e. The summed E-state index contributed by atoms with van der Waals surface area (Å²) in [5.74, 6) is 1.05. The highest BCUT2D eigenvalue weighted by Crippen LogP contribution is 2.38. The Bertz CT molecular complexity index is 972. The first-order valence-electron chi connectivity index (χ1n) is 8.15. The van der Waals surface area contributed by atoms with E-state index in [1.54, 1.807) is 23.0 Å². The molecule has 0 spiro atoms. The van der Waals surface area contributed by atoms with Gasteiger partial charge in [-0.2, -0.15) is 5.10 Å². The summed E-state index contributed by atoms with van der Waals surface area (Å²) in [6, 6.07) is 8.78. The molecule has 27 heavy (non-hydrogen) atoms. The highest BCUT2D eigenvalue weighted by Gasteiger charge is 2.19. The minimum absolute atomic E-state index is 0.208. The number of carbonyl (C=O) groups is 1. The van der Waals surface area contributed by atoms with Crippen LogP contribution >= 0.6 is 11.6 Å². The molecular weight excluding hydrogens is 368 g/mol. The number of ketones is 1. The minimum atomic E-state index is -0.208. The van der Waals surface area contributed by atoms with Crippen molar-refractivity contribution in [3.8, 4) is 22.9 Å². The normalized spacial score (nSPS) is 10.6. The van der Waals surface area contributed by atoms with Crippen LogP contribution in [0.3, 0.4) is 0 Å². The zero-order valence-electron chi connectivity index (χ0n) is 15.4. The van der Waals surface area contributed by atoms with Crippen molar-refractivity contribution in [2.24, 2.45) is 0 Å². The number of aromatic nitrogens is 2. The van der Waals surface area contributed by atoms with Crippen LogP contribution in [0.4, 0.5) is 0 Å². The van der Waals surface area contributed by atoms with Gasteiger partial charge in [-0.25, -0.2) is 4.68 Å². The largest absolute Gasteiger partial charge is 0.493 e. The lowest BCUT2D eigenvalue weighted by Crippen LogP contribution is -2.03. The number of benzene rings is 2. The molecule has 3 aromatic rings. The lowest BCUT2D eigenvalue weighted by atomic mass is 10.1. The fourth-order valence-corrected chi connectivity index (χ4v) is 2.96. The Morgan fingerprint density at radius 2 is 1.70 bits per heavy atom. The number of hydrogen-bond acceptors (Lipinski definition) is 5. The van der Waals surface area contributed by atoms with Crippen LogP contribution in [0.5, 0.6) is 17.2 Å². The fraction of sp³-hybridized carbons (Fsp3) is 0.200. The van der Waals surface area contributed by atoms with Crippen molar-refractivity contribution in [1.29, 1.82) is 0 Å². The van der Waals surface area contributed by atoms with Crippen LogP contribution in [0.2, 0.25) is 5.02 Å². The number of ether oxygens (including phenoxy) is 3. The molecule has 0 aliphatic rings. The van der Waals surface area contributed by atoms with E-state index in [1.165, 1.54) is 27.5 Å². The molecule has 0 aliphatic carbocycles. The zero-order chi connectivity index (χ0) is 19.6. The van der Waals surface area contributed by atoms with Gasteiger partial charge in [0.25, 0.3) is 0 Å². The SMILES string of the molecule is COc1cc(C(=O)c2cnn(-c3cccc(Cl)c3C)c2)cc(OC)c1OC. The van der Waals surface area contributed by atoms with Gasteiger partial charge < -0.3 is 14.2 Å². The van der Waals surface area contributed by atoms with E-state index in [-0.39, 0.29) is 5.78 Å². The van der Waals surface area contributed by atoms with Crippen LogP contribution in [-0.2, 0) is 0 Å². The van der Waals surface area contributed by atoms with Gasteiger partial charge in [0, 0.05) is 16.8 Å². The molecule has 0 unspecified atom stereocenters. The van der Waals surface area contributed by atoms with Crippen molar-refractivity contribution in [3.05, 3.63) is 64.4 Å². The Labute approximate surface area is 162 Å². The van der Waals surface area contributed by atoms with Crippen molar-refractivity contribution < 1.29 is 19.0 Å². The number of nitrogens with zero attached hydrogens (tertiary/aromatic N) is 2. The van der Waals surface area contributed by atoms with Crippen molar-refractivity contribution in [2.45, 2.75) is 6.92 Å². The molecule has 0 saturated heterocycles. The molecule has 6 nitrogen and oxygen atoms in total. The van der Waals surface area contributed by atoms with E-state index in [2.05, 4.69) is 5.10 Å². The molecule has 2 aromatic carbocycles. The molecule has 0 fully saturated rings. The molecular formula is C20H19ClN2O4. The molecule has 140 valence electrons. The van der Waals surface area contributed by atoms with Crippen molar-refractivity contribution in [1.82, 2.24) is 9.78 Å². The summed E-state index contributed by atoms with van der Waals surface area (Å²) in [5, 5.41) is 4.94. The van der Waals surface area contributed by atoms with E-state index in [4.69, 9.17) is 25.8 Å². The molecule has 0 bridgehead atoms. The summed E-state index contributed by atoms with van der Waals surface area (Å²) in [4.78, 5) is 12.9. The van der Waals surface area contributed by atoms with Crippen molar-refractivity contribution >= 4 is 17.4 Å². The van der Waals surface area contributed by atoms with Crippen LogP contribution in [0.25, 0.3) is 5.69 Å². The quantitative estimate of drug-likeness (QED) is 0.597. The third kappa shape index (κ3) is 3.48. The maximum absolute atomic E-state index is 12.9. The van der Waals surface area contributed by atoms with Gasteiger partial charge in [-0.05, 0) is 36.8 Å². The second kappa shape index (κ2) is 7.72. The third-order valence-corrected chi connectivity index (χ3v) is 4.67. The van der Waals surface area contributed by atoms with E-state index in [0.717, 1.165) is 11.3 Å². The van der Waals surface area contributed by atoms with Gasteiger partial charge in [0.15, 0.2) is 17.3 Å². The molecule has 7 heteroatoms. The molecule has 0 amide bonds. The summed E-state index contributed by atoms with van der Waals surface area (Å²) in [6.45, 7) is 1.90. The summed E-state index contributed by atoms with van der Waals surface area (Å²) in [6.07, 6.45) is 3.19. The molecule has 0 atom stereocenters. The van der Waals surface area contributed by atoms with Crippen LogP contribution in [-0.4, -0.2) is 36.9 Å². The Morgan fingerprint density at radius 1 is 1.04 bits per heavy atom. The topological polar surface area (TPSA) is 62.6 Å². The first-order chi connectivity index (χ1) is 13.0. The van der Waals surface area contributed by atoms with Gasteiger partial charge in [-0.15, -0.1) is 0 Å². The molecule has 0 radical (unpaired) electrons. The van der Waals surface area contributed by atoms with Crippen LogP contribution in [0.1, 0.15) is 21.5 Å². The van der Waals surface area contributed by atoms with Gasteiger partial charge >= 0.3 is 0 Å². The Kier molecular flexibility index (Phi) is 5.37. The number of hydrogen-bond donors (Lipinski definition) is 0. The number of rotatable bonds is 6. The smallest absolute Gasteiger partial charge is 0.203 e. The van der Waals surface area contributed by atoms with Crippen molar-refractivity contribution in [3.63, 3.8) is 0 Å². The molecule has 3 rings (SSSR count). The molecule has 0 saturated carbocycles. The highest BCUT2D eigenvalue weighted by atomic mass is 35.5. The fourth-order valence-electron chi connectivity index (χ4n) is 2.79. The third-order valence-electron chi connectivity index (χ3n) is 4.26.